The van der Waals surface area contributed by atoms with E-state index in [0.717, 1.165) is 5.69 Å². The predicted molar refractivity (Wildman–Crippen MR) is 131 cm³/mol. The van der Waals surface area contributed by atoms with Crippen LogP contribution in [0.3, 0.4) is 0 Å². The first-order chi connectivity index (χ1) is 18.1. The number of aryl methyl sites for hydroxylation is 2. The van der Waals surface area contributed by atoms with Crippen molar-refractivity contribution in [3.8, 4) is 22.8 Å². The molecule has 0 aliphatic carbocycles. The van der Waals surface area contributed by atoms with Crippen molar-refractivity contribution < 1.29 is 32.5 Å². The number of aliphatic hydroxyl groups excluding tert-OH is 1. The van der Waals surface area contributed by atoms with E-state index in [2.05, 4.69) is 25.4 Å². The van der Waals surface area contributed by atoms with Gasteiger partial charge >= 0.3 is 6.18 Å². The largest absolute Gasteiger partial charge is 0.488 e. The Morgan fingerprint density at radius 2 is 1.97 bits per heavy atom. The molecule has 2 atom stereocenters. The van der Waals surface area contributed by atoms with Crippen molar-refractivity contribution in [3.05, 3.63) is 54.2 Å². The van der Waals surface area contributed by atoms with E-state index in [1.807, 2.05) is 19.1 Å². The summed E-state index contributed by atoms with van der Waals surface area (Å²) in [6.07, 6.45) is -2.15. The van der Waals surface area contributed by atoms with Crippen LogP contribution in [0.4, 0.5) is 24.8 Å². The average Bonchev–Trinajstić information content (AvgIpc) is 3.44. The Balaban J connectivity index is 1.44. The lowest BCUT2D eigenvalue weighted by atomic mass is 10.1. The second kappa shape index (κ2) is 10.4. The number of halogens is 3. The van der Waals surface area contributed by atoms with Gasteiger partial charge in [0.25, 0.3) is 0 Å². The summed E-state index contributed by atoms with van der Waals surface area (Å²) in [6.45, 7) is 2.68. The van der Waals surface area contributed by atoms with Crippen LogP contribution in [0.1, 0.15) is 17.9 Å². The summed E-state index contributed by atoms with van der Waals surface area (Å²) in [5, 5.41) is 17.7. The molecule has 200 valence electrons. The van der Waals surface area contributed by atoms with Crippen molar-refractivity contribution in [2.45, 2.75) is 38.7 Å². The van der Waals surface area contributed by atoms with Gasteiger partial charge in [0.05, 0.1) is 17.8 Å². The second-order valence-corrected chi connectivity index (χ2v) is 8.88. The summed E-state index contributed by atoms with van der Waals surface area (Å²) in [5.41, 5.74) is 2.63. The van der Waals surface area contributed by atoms with Gasteiger partial charge in [-0.2, -0.15) is 18.3 Å². The number of ether oxygens (including phenoxy) is 3. The van der Waals surface area contributed by atoms with Crippen LogP contribution in [0.5, 0.6) is 11.6 Å². The molecule has 0 bridgehead atoms. The standard InChI is InChI=1S/C25H25F3N6O4/c1-14-7-22(31-15(2)30-14)32-23-9-17-8-16(3-5-34(17)33-23)18-10-24(38-13-25(26,27)28)29-11-20(18)37-12-21-19(35)4-6-36-21/h3,5,7-11,19,21,35H,4,6,12-13H2,1-2H3,(H,30,31,32,33)/t19-,21+/m0/s1. The molecule has 0 radical (unpaired) electrons. The number of aromatic nitrogens is 5. The summed E-state index contributed by atoms with van der Waals surface area (Å²) < 4.78 is 56.0. The smallest absolute Gasteiger partial charge is 0.422 e. The summed E-state index contributed by atoms with van der Waals surface area (Å²) in [4.78, 5) is 12.6. The Kier molecular flexibility index (Phi) is 7.04. The van der Waals surface area contributed by atoms with Crippen molar-refractivity contribution in [2.75, 3.05) is 25.1 Å². The van der Waals surface area contributed by atoms with Gasteiger partial charge in [0, 0.05) is 42.3 Å². The lowest BCUT2D eigenvalue weighted by Crippen LogP contribution is -2.28. The first kappa shape index (κ1) is 25.7. The number of rotatable bonds is 8. The maximum absolute atomic E-state index is 12.7. The van der Waals surface area contributed by atoms with Crippen LogP contribution in [0, 0.1) is 13.8 Å². The zero-order chi connectivity index (χ0) is 26.9. The van der Waals surface area contributed by atoms with Crippen molar-refractivity contribution in [1.82, 2.24) is 24.6 Å². The zero-order valence-electron chi connectivity index (χ0n) is 20.6. The van der Waals surface area contributed by atoms with Crippen LogP contribution in [0.2, 0.25) is 0 Å². The molecular weight excluding hydrogens is 505 g/mol. The zero-order valence-corrected chi connectivity index (χ0v) is 20.6. The number of pyridine rings is 2. The van der Waals surface area contributed by atoms with Crippen molar-refractivity contribution in [1.29, 1.82) is 0 Å². The molecule has 0 saturated carbocycles. The number of alkyl halides is 3. The number of fused-ring (bicyclic) bond motifs is 1. The molecule has 1 aliphatic rings. The Hall–Kier alpha value is -3.97. The molecule has 1 saturated heterocycles. The summed E-state index contributed by atoms with van der Waals surface area (Å²) in [6, 6.07) is 8.56. The molecule has 5 rings (SSSR count). The average molecular weight is 531 g/mol. The number of anilines is 2. The first-order valence-electron chi connectivity index (χ1n) is 11.8. The van der Waals surface area contributed by atoms with Gasteiger partial charge in [-0.1, -0.05) is 0 Å². The van der Waals surface area contributed by atoms with Crippen LogP contribution >= 0.6 is 0 Å². The van der Waals surface area contributed by atoms with Gasteiger partial charge in [-0.3, -0.25) is 0 Å². The first-order valence-corrected chi connectivity index (χ1v) is 11.8. The maximum atomic E-state index is 12.7. The quantitative estimate of drug-likeness (QED) is 0.349. The number of aliphatic hydroxyl groups is 1. The van der Waals surface area contributed by atoms with Gasteiger partial charge in [0.2, 0.25) is 5.88 Å². The molecule has 38 heavy (non-hydrogen) atoms. The second-order valence-electron chi connectivity index (χ2n) is 8.88. The Bertz CT molecular complexity index is 1420. The topological polar surface area (TPSA) is 116 Å². The molecule has 0 unspecified atom stereocenters. The van der Waals surface area contributed by atoms with Crippen molar-refractivity contribution in [3.63, 3.8) is 0 Å². The molecule has 5 heterocycles. The fourth-order valence-electron chi connectivity index (χ4n) is 4.10. The normalized spacial score (nSPS) is 17.6. The molecule has 10 nitrogen and oxygen atoms in total. The molecule has 1 fully saturated rings. The van der Waals surface area contributed by atoms with Crippen LogP contribution < -0.4 is 14.8 Å². The van der Waals surface area contributed by atoms with E-state index in [4.69, 9.17) is 14.2 Å². The highest BCUT2D eigenvalue weighted by Gasteiger charge is 2.29. The van der Waals surface area contributed by atoms with E-state index in [1.54, 1.807) is 29.8 Å². The number of hydrogen-bond donors (Lipinski definition) is 2. The number of nitrogens with one attached hydrogen (secondary N) is 1. The van der Waals surface area contributed by atoms with E-state index in [9.17, 15) is 18.3 Å². The van der Waals surface area contributed by atoms with Gasteiger partial charge in [0.1, 0.15) is 30.1 Å². The van der Waals surface area contributed by atoms with E-state index >= 15 is 0 Å². The number of hydrogen-bond acceptors (Lipinski definition) is 9. The molecule has 0 spiro atoms. The summed E-state index contributed by atoms with van der Waals surface area (Å²) >= 11 is 0. The maximum Gasteiger partial charge on any atom is 0.422 e. The van der Waals surface area contributed by atoms with Gasteiger partial charge in [-0.05, 0) is 38.0 Å². The highest BCUT2D eigenvalue weighted by Crippen LogP contribution is 2.34. The molecule has 13 heteroatoms. The predicted octanol–water partition coefficient (Wildman–Crippen LogP) is 4.02. The van der Waals surface area contributed by atoms with Gasteiger partial charge < -0.3 is 24.6 Å². The third-order valence-electron chi connectivity index (χ3n) is 5.80. The molecule has 0 amide bonds. The SMILES string of the molecule is Cc1cc(Nc2cc3cc(-c4cc(OCC(F)(F)F)ncc4OC[C@H]4OCC[C@@H]4O)ccn3n2)nc(C)n1. The molecule has 2 N–H and O–H groups in total. The van der Waals surface area contributed by atoms with Gasteiger partial charge in [-0.25, -0.2) is 19.5 Å². The summed E-state index contributed by atoms with van der Waals surface area (Å²) in [7, 11) is 0. The van der Waals surface area contributed by atoms with E-state index in [-0.39, 0.29) is 12.5 Å². The summed E-state index contributed by atoms with van der Waals surface area (Å²) in [5.74, 6) is 1.88. The molecule has 4 aromatic heterocycles. The fourth-order valence-corrected chi connectivity index (χ4v) is 4.10. The minimum Gasteiger partial charge on any atom is -0.488 e. The van der Waals surface area contributed by atoms with Gasteiger partial charge in [-0.15, -0.1) is 0 Å². The van der Waals surface area contributed by atoms with E-state index < -0.39 is 25.0 Å². The van der Waals surface area contributed by atoms with Crippen LogP contribution in [-0.2, 0) is 4.74 Å². The van der Waals surface area contributed by atoms with E-state index in [0.29, 0.717) is 52.9 Å². The molecule has 4 aromatic rings. The van der Waals surface area contributed by atoms with Crippen molar-refractivity contribution in [2.24, 2.45) is 0 Å². The van der Waals surface area contributed by atoms with E-state index in [1.165, 1.54) is 12.3 Å². The Labute approximate surface area is 215 Å². The Morgan fingerprint density at radius 1 is 1.13 bits per heavy atom. The highest BCUT2D eigenvalue weighted by atomic mass is 19.4. The minimum absolute atomic E-state index is 0.0549. The van der Waals surface area contributed by atoms with Crippen LogP contribution in [0.25, 0.3) is 16.6 Å². The highest BCUT2D eigenvalue weighted by molar-refractivity contribution is 5.75. The molecule has 0 aromatic carbocycles. The number of nitrogens with zero attached hydrogens (tertiary/aromatic N) is 5. The van der Waals surface area contributed by atoms with Crippen LogP contribution in [-0.4, -0.2) is 67.9 Å². The lowest BCUT2D eigenvalue weighted by Gasteiger charge is -2.17. The molecular formula is C25H25F3N6O4. The lowest BCUT2D eigenvalue weighted by molar-refractivity contribution is -0.154. The third kappa shape index (κ3) is 6.11. The Morgan fingerprint density at radius 3 is 2.71 bits per heavy atom. The van der Waals surface area contributed by atoms with Crippen LogP contribution in [0.15, 0.2) is 42.7 Å². The third-order valence-corrected chi connectivity index (χ3v) is 5.80. The fraction of sp³-hybridized carbons (Fsp3) is 0.360. The monoisotopic (exact) mass is 530 g/mol. The molecule has 1 aliphatic heterocycles. The minimum atomic E-state index is -4.51. The van der Waals surface area contributed by atoms with Gasteiger partial charge in [0.15, 0.2) is 12.4 Å². The van der Waals surface area contributed by atoms with Crippen molar-refractivity contribution >= 4 is 17.2 Å².